The van der Waals surface area contributed by atoms with Crippen molar-refractivity contribution in [1.82, 2.24) is 9.80 Å². The van der Waals surface area contributed by atoms with Crippen molar-refractivity contribution in [2.24, 2.45) is 11.8 Å². The van der Waals surface area contributed by atoms with E-state index in [9.17, 15) is 4.79 Å². The molecular weight excluding hydrogens is 236 g/mol. The van der Waals surface area contributed by atoms with Gasteiger partial charge in [-0.05, 0) is 50.4 Å². The van der Waals surface area contributed by atoms with E-state index in [1.54, 1.807) is 0 Å². The first-order valence-electron chi connectivity index (χ1n) is 8.31. The Morgan fingerprint density at radius 2 is 1.68 bits per heavy atom. The van der Waals surface area contributed by atoms with E-state index in [-0.39, 0.29) is 0 Å². The summed E-state index contributed by atoms with van der Waals surface area (Å²) < 4.78 is 0. The molecule has 3 nitrogen and oxygen atoms in total. The van der Waals surface area contributed by atoms with Gasteiger partial charge < -0.3 is 9.80 Å². The van der Waals surface area contributed by atoms with Crippen LogP contribution in [0.3, 0.4) is 0 Å². The highest BCUT2D eigenvalue weighted by atomic mass is 16.2. The van der Waals surface area contributed by atoms with E-state index >= 15 is 0 Å². The van der Waals surface area contributed by atoms with Crippen LogP contribution in [0.5, 0.6) is 0 Å². The summed E-state index contributed by atoms with van der Waals surface area (Å²) in [4.78, 5) is 17.2. The van der Waals surface area contributed by atoms with E-state index in [1.807, 2.05) is 0 Å². The zero-order chi connectivity index (χ0) is 13.2. The Labute approximate surface area is 117 Å². The summed E-state index contributed by atoms with van der Waals surface area (Å²) in [6.45, 7) is 5.24. The fourth-order valence-electron chi connectivity index (χ4n) is 4.41. The molecule has 108 valence electrons. The van der Waals surface area contributed by atoms with Crippen molar-refractivity contribution in [3.63, 3.8) is 0 Å². The van der Waals surface area contributed by atoms with Gasteiger partial charge in [0.05, 0.1) is 0 Å². The van der Waals surface area contributed by atoms with Gasteiger partial charge in [-0.25, -0.2) is 4.79 Å². The summed E-state index contributed by atoms with van der Waals surface area (Å²) in [6, 6.07) is 0.912. The first-order chi connectivity index (χ1) is 9.25. The second kappa shape index (κ2) is 5.72. The second-order valence-corrected chi connectivity index (χ2v) is 6.92. The third-order valence-corrected chi connectivity index (χ3v) is 5.42. The van der Waals surface area contributed by atoms with Gasteiger partial charge in [-0.1, -0.05) is 19.8 Å². The fourth-order valence-corrected chi connectivity index (χ4v) is 4.41. The van der Waals surface area contributed by atoms with Gasteiger partial charge >= 0.3 is 6.03 Å². The SMILES string of the molecule is CC1CCCN(C(=O)N2CCC[C@H]3CCCC[C@H]32)C1. The highest BCUT2D eigenvalue weighted by molar-refractivity contribution is 5.75. The van der Waals surface area contributed by atoms with Crippen LogP contribution < -0.4 is 0 Å². The number of carbonyl (C=O) groups excluding carboxylic acids is 1. The van der Waals surface area contributed by atoms with E-state index < -0.39 is 0 Å². The minimum Gasteiger partial charge on any atom is -0.324 e. The molecule has 3 atom stereocenters. The number of piperidine rings is 2. The number of amides is 2. The Bertz CT molecular complexity index is 329. The van der Waals surface area contributed by atoms with Crippen LogP contribution in [0.1, 0.15) is 58.3 Å². The summed E-state index contributed by atoms with van der Waals surface area (Å²) in [7, 11) is 0. The van der Waals surface area contributed by atoms with Crippen molar-refractivity contribution in [1.29, 1.82) is 0 Å². The van der Waals surface area contributed by atoms with Gasteiger partial charge in [0.1, 0.15) is 0 Å². The molecule has 1 saturated carbocycles. The standard InChI is InChI=1S/C16H28N2O/c1-13-6-4-10-17(12-13)16(19)18-11-5-8-14-7-2-3-9-15(14)18/h13-15H,2-12H2,1H3/t13?,14-,15-/m1/s1. The number of fused-ring (bicyclic) bond motifs is 1. The molecule has 0 N–H and O–H groups in total. The molecule has 0 aromatic carbocycles. The third-order valence-electron chi connectivity index (χ3n) is 5.42. The van der Waals surface area contributed by atoms with E-state index in [0.717, 1.165) is 25.6 Å². The molecule has 19 heavy (non-hydrogen) atoms. The molecule has 2 heterocycles. The minimum atomic E-state index is 0.350. The van der Waals surface area contributed by atoms with Gasteiger partial charge in [-0.15, -0.1) is 0 Å². The summed E-state index contributed by atoms with van der Waals surface area (Å²) in [5.74, 6) is 1.48. The Morgan fingerprint density at radius 3 is 2.53 bits per heavy atom. The molecule has 3 rings (SSSR count). The zero-order valence-corrected chi connectivity index (χ0v) is 12.3. The van der Waals surface area contributed by atoms with Gasteiger partial charge in [0.25, 0.3) is 0 Å². The first-order valence-corrected chi connectivity index (χ1v) is 8.31. The van der Waals surface area contributed by atoms with Crippen LogP contribution in [0, 0.1) is 11.8 Å². The lowest BCUT2D eigenvalue weighted by atomic mass is 9.78. The van der Waals surface area contributed by atoms with E-state index in [0.29, 0.717) is 18.0 Å². The summed E-state index contributed by atoms with van der Waals surface area (Å²) in [6.07, 6.45) is 10.3. The number of nitrogens with zero attached hydrogens (tertiary/aromatic N) is 2. The maximum atomic E-state index is 12.8. The molecule has 1 aliphatic carbocycles. The monoisotopic (exact) mass is 264 g/mol. The van der Waals surface area contributed by atoms with Crippen LogP contribution in [-0.2, 0) is 0 Å². The van der Waals surface area contributed by atoms with Gasteiger partial charge in [-0.3, -0.25) is 0 Å². The van der Waals surface area contributed by atoms with Crippen molar-refractivity contribution < 1.29 is 4.79 Å². The molecule has 3 fully saturated rings. The molecule has 2 amide bonds. The largest absolute Gasteiger partial charge is 0.324 e. The normalized spacial score (nSPS) is 35.9. The van der Waals surface area contributed by atoms with Crippen molar-refractivity contribution in [3.05, 3.63) is 0 Å². The predicted molar refractivity (Wildman–Crippen MR) is 77.1 cm³/mol. The van der Waals surface area contributed by atoms with Crippen LogP contribution in [0.2, 0.25) is 0 Å². The Kier molecular flexibility index (Phi) is 3.99. The lowest BCUT2D eigenvalue weighted by molar-refractivity contribution is 0.0572. The topological polar surface area (TPSA) is 23.6 Å². The summed E-state index contributed by atoms with van der Waals surface area (Å²) in [5, 5.41) is 0. The van der Waals surface area contributed by atoms with E-state index in [2.05, 4.69) is 16.7 Å². The third kappa shape index (κ3) is 2.75. The number of rotatable bonds is 0. The van der Waals surface area contributed by atoms with Gasteiger partial charge in [0.2, 0.25) is 0 Å². The van der Waals surface area contributed by atoms with Gasteiger partial charge in [0, 0.05) is 25.7 Å². The molecule has 0 aromatic rings. The maximum absolute atomic E-state index is 12.8. The van der Waals surface area contributed by atoms with Crippen molar-refractivity contribution in [3.8, 4) is 0 Å². The molecule has 2 saturated heterocycles. The molecule has 0 bridgehead atoms. The van der Waals surface area contributed by atoms with Crippen LogP contribution in [0.4, 0.5) is 4.79 Å². The molecule has 1 unspecified atom stereocenters. The maximum Gasteiger partial charge on any atom is 0.320 e. The van der Waals surface area contributed by atoms with Crippen molar-refractivity contribution in [2.45, 2.75) is 64.3 Å². The summed E-state index contributed by atoms with van der Waals surface area (Å²) in [5.41, 5.74) is 0. The van der Waals surface area contributed by atoms with E-state index in [4.69, 9.17) is 0 Å². The number of likely N-dealkylation sites (tertiary alicyclic amines) is 2. The molecule has 0 aromatic heterocycles. The van der Waals surface area contributed by atoms with Crippen molar-refractivity contribution in [2.75, 3.05) is 19.6 Å². The van der Waals surface area contributed by atoms with Crippen LogP contribution in [0.25, 0.3) is 0 Å². The van der Waals surface area contributed by atoms with Crippen LogP contribution in [0.15, 0.2) is 0 Å². The highest BCUT2D eigenvalue weighted by Gasteiger charge is 2.37. The number of urea groups is 1. The van der Waals surface area contributed by atoms with Crippen LogP contribution in [-0.4, -0.2) is 41.5 Å². The lowest BCUT2D eigenvalue weighted by Crippen LogP contribution is -2.55. The fraction of sp³-hybridized carbons (Fsp3) is 0.938. The second-order valence-electron chi connectivity index (χ2n) is 6.92. The quantitative estimate of drug-likeness (QED) is 0.657. The Hall–Kier alpha value is -0.730. The predicted octanol–water partition coefficient (Wildman–Crippen LogP) is 3.49. The van der Waals surface area contributed by atoms with E-state index in [1.165, 1.54) is 51.4 Å². The minimum absolute atomic E-state index is 0.350. The smallest absolute Gasteiger partial charge is 0.320 e. The zero-order valence-electron chi connectivity index (χ0n) is 12.3. The first kappa shape index (κ1) is 13.3. The Balaban J connectivity index is 1.67. The average Bonchev–Trinajstić information content (AvgIpc) is 2.46. The number of hydrogen-bond acceptors (Lipinski definition) is 1. The average molecular weight is 264 g/mol. The van der Waals surface area contributed by atoms with Crippen LogP contribution >= 0.6 is 0 Å². The highest BCUT2D eigenvalue weighted by Crippen LogP contribution is 2.36. The lowest BCUT2D eigenvalue weighted by Gasteiger charge is -2.46. The van der Waals surface area contributed by atoms with Gasteiger partial charge in [0.15, 0.2) is 0 Å². The molecule has 3 heteroatoms. The Morgan fingerprint density at radius 1 is 0.947 bits per heavy atom. The molecule has 0 spiro atoms. The molecular formula is C16H28N2O. The summed E-state index contributed by atoms with van der Waals surface area (Å²) >= 11 is 0. The van der Waals surface area contributed by atoms with Crippen molar-refractivity contribution >= 4 is 6.03 Å². The molecule has 3 aliphatic rings. The molecule has 0 radical (unpaired) electrons. The number of carbonyl (C=O) groups is 1. The van der Waals surface area contributed by atoms with Gasteiger partial charge in [-0.2, -0.15) is 0 Å². The molecule has 2 aliphatic heterocycles. The number of hydrogen-bond donors (Lipinski definition) is 0.